The third-order valence-electron chi connectivity index (χ3n) is 3.61. The fourth-order valence-electron chi connectivity index (χ4n) is 2.83. The average Bonchev–Trinajstić information content (AvgIpc) is 2.72. The van der Waals surface area contributed by atoms with Crippen molar-refractivity contribution in [2.24, 2.45) is 17.8 Å². The Bertz CT molecular complexity index is 237. The highest BCUT2D eigenvalue weighted by atomic mass is 79.9. The van der Waals surface area contributed by atoms with Crippen molar-refractivity contribution in [3.8, 4) is 0 Å². The molecule has 0 aromatic rings. The van der Waals surface area contributed by atoms with Crippen LogP contribution in [0.4, 0.5) is 0 Å². The first-order chi connectivity index (χ1) is 7.27. The summed E-state index contributed by atoms with van der Waals surface area (Å²) in [4.78, 5) is 11.9. The number of hydrogen-bond donors (Lipinski definition) is 1. The lowest BCUT2D eigenvalue weighted by molar-refractivity contribution is -0.124. The Morgan fingerprint density at radius 3 is 2.73 bits per heavy atom. The number of ether oxygens (including phenoxy) is 1. The van der Waals surface area contributed by atoms with Crippen LogP contribution in [-0.2, 0) is 9.53 Å². The van der Waals surface area contributed by atoms with Gasteiger partial charge in [-0.1, -0.05) is 22.4 Å². The summed E-state index contributed by atoms with van der Waals surface area (Å²) < 4.78 is 5.05. The van der Waals surface area contributed by atoms with E-state index in [-0.39, 0.29) is 11.9 Å². The van der Waals surface area contributed by atoms with E-state index in [4.69, 9.17) is 4.74 Å². The van der Waals surface area contributed by atoms with Crippen molar-refractivity contribution >= 4 is 21.8 Å². The van der Waals surface area contributed by atoms with E-state index in [2.05, 4.69) is 21.2 Å². The molecular formula is C11H18BrNO2. The smallest absolute Gasteiger partial charge is 0.224 e. The van der Waals surface area contributed by atoms with Crippen LogP contribution < -0.4 is 5.32 Å². The fraction of sp³-hybridized carbons (Fsp3) is 0.909. The van der Waals surface area contributed by atoms with E-state index < -0.39 is 0 Å². The van der Waals surface area contributed by atoms with Crippen LogP contribution in [0.2, 0.25) is 0 Å². The molecule has 0 saturated heterocycles. The Labute approximate surface area is 99.1 Å². The molecule has 0 radical (unpaired) electrons. The van der Waals surface area contributed by atoms with Crippen molar-refractivity contribution < 1.29 is 9.53 Å². The van der Waals surface area contributed by atoms with E-state index in [1.807, 2.05) is 0 Å². The molecule has 86 valence electrons. The predicted molar refractivity (Wildman–Crippen MR) is 61.9 cm³/mol. The Balaban J connectivity index is 1.77. The second kappa shape index (κ2) is 4.83. The zero-order valence-electron chi connectivity index (χ0n) is 9.04. The maximum Gasteiger partial charge on any atom is 0.224 e. The summed E-state index contributed by atoms with van der Waals surface area (Å²) in [6, 6.07) is 0.115. The number of alkyl halides is 1. The van der Waals surface area contributed by atoms with E-state index in [0.717, 1.165) is 5.33 Å². The van der Waals surface area contributed by atoms with Crippen LogP contribution in [-0.4, -0.2) is 31.0 Å². The highest BCUT2D eigenvalue weighted by Crippen LogP contribution is 2.57. The Morgan fingerprint density at radius 2 is 2.20 bits per heavy atom. The molecule has 3 unspecified atom stereocenters. The zero-order chi connectivity index (χ0) is 10.8. The minimum absolute atomic E-state index is 0.115. The number of hydrogen-bond acceptors (Lipinski definition) is 2. The molecule has 3 nitrogen and oxygen atoms in total. The molecule has 2 aliphatic carbocycles. The normalized spacial score (nSPS) is 34.7. The molecule has 2 fully saturated rings. The largest absolute Gasteiger partial charge is 0.383 e. The van der Waals surface area contributed by atoms with Gasteiger partial charge in [0.2, 0.25) is 5.91 Å². The Morgan fingerprint density at radius 1 is 1.53 bits per heavy atom. The lowest BCUT2D eigenvalue weighted by Gasteiger charge is -2.15. The molecular weight excluding hydrogens is 258 g/mol. The first kappa shape index (κ1) is 11.4. The van der Waals surface area contributed by atoms with Crippen molar-refractivity contribution in [2.45, 2.75) is 25.3 Å². The molecule has 2 saturated carbocycles. The van der Waals surface area contributed by atoms with Crippen LogP contribution in [0.3, 0.4) is 0 Å². The molecule has 0 aromatic heterocycles. The van der Waals surface area contributed by atoms with Crippen molar-refractivity contribution in [1.82, 2.24) is 5.32 Å². The minimum Gasteiger partial charge on any atom is -0.383 e. The van der Waals surface area contributed by atoms with Crippen molar-refractivity contribution in [3.63, 3.8) is 0 Å². The second-order valence-electron chi connectivity index (χ2n) is 4.60. The highest BCUT2D eigenvalue weighted by molar-refractivity contribution is 9.09. The van der Waals surface area contributed by atoms with Gasteiger partial charge in [0.25, 0.3) is 0 Å². The second-order valence-corrected chi connectivity index (χ2v) is 5.25. The minimum atomic E-state index is 0.115. The molecule has 0 aromatic carbocycles. The molecule has 3 atom stereocenters. The summed E-state index contributed by atoms with van der Waals surface area (Å²) >= 11 is 3.38. The summed E-state index contributed by atoms with van der Waals surface area (Å²) in [6.45, 7) is 0.582. The van der Waals surface area contributed by atoms with Gasteiger partial charge in [-0.3, -0.25) is 4.79 Å². The van der Waals surface area contributed by atoms with Crippen LogP contribution in [0.25, 0.3) is 0 Å². The maximum absolute atomic E-state index is 11.9. The van der Waals surface area contributed by atoms with Crippen LogP contribution in [0.1, 0.15) is 19.3 Å². The molecule has 2 rings (SSSR count). The lowest BCUT2D eigenvalue weighted by Crippen LogP contribution is -2.40. The SMILES string of the molecule is COCC(CBr)NC(=O)C1C2CCCC21. The standard InChI is InChI=1S/C11H18BrNO2/c1-15-6-7(5-12)13-11(14)10-8-3-2-4-9(8)10/h7-10H,2-6H2,1H3,(H,13,14). The molecule has 15 heavy (non-hydrogen) atoms. The molecule has 0 heterocycles. The topological polar surface area (TPSA) is 38.3 Å². The monoisotopic (exact) mass is 275 g/mol. The summed E-state index contributed by atoms with van der Waals surface area (Å²) in [6.07, 6.45) is 3.83. The summed E-state index contributed by atoms with van der Waals surface area (Å²) in [5.74, 6) is 1.95. The number of fused-ring (bicyclic) bond motifs is 1. The van der Waals surface area contributed by atoms with E-state index >= 15 is 0 Å². The predicted octanol–water partition coefficient (Wildman–Crippen LogP) is 1.56. The van der Waals surface area contributed by atoms with Gasteiger partial charge in [0, 0.05) is 18.4 Å². The van der Waals surface area contributed by atoms with Gasteiger partial charge in [-0.25, -0.2) is 0 Å². The quantitative estimate of drug-likeness (QED) is 0.774. The van der Waals surface area contributed by atoms with Gasteiger partial charge in [0.15, 0.2) is 0 Å². The number of nitrogens with one attached hydrogen (secondary N) is 1. The van der Waals surface area contributed by atoms with Crippen LogP contribution in [0.5, 0.6) is 0 Å². The molecule has 0 spiro atoms. The summed E-state index contributed by atoms with van der Waals surface area (Å²) in [5.41, 5.74) is 0. The number of rotatable bonds is 5. The molecule has 1 N–H and O–H groups in total. The van der Waals surface area contributed by atoms with E-state index in [1.54, 1.807) is 7.11 Å². The number of amides is 1. The zero-order valence-corrected chi connectivity index (χ0v) is 10.6. The van der Waals surface area contributed by atoms with Crippen LogP contribution >= 0.6 is 15.9 Å². The van der Waals surface area contributed by atoms with Gasteiger partial charge >= 0.3 is 0 Å². The van der Waals surface area contributed by atoms with Crippen molar-refractivity contribution in [1.29, 1.82) is 0 Å². The Kier molecular flexibility index (Phi) is 3.67. The van der Waals surface area contributed by atoms with Gasteiger partial charge in [0.05, 0.1) is 12.6 Å². The number of carbonyl (C=O) groups excluding carboxylic acids is 1. The summed E-state index contributed by atoms with van der Waals surface area (Å²) in [5, 5.41) is 3.81. The molecule has 4 heteroatoms. The molecule has 0 bridgehead atoms. The average molecular weight is 276 g/mol. The van der Waals surface area contributed by atoms with Gasteiger partial charge < -0.3 is 10.1 Å². The van der Waals surface area contributed by atoms with E-state index in [0.29, 0.717) is 24.4 Å². The molecule has 0 aliphatic heterocycles. The maximum atomic E-state index is 11.9. The third-order valence-corrected chi connectivity index (χ3v) is 4.39. The van der Waals surface area contributed by atoms with Gasteiger partial charge in [0.1, 0.15) is 0 Å². The van der Waals surface area contributed by atoms with Crippen LogP contribution in [0, 0.1) is 17.8 Å². The number of methoxy groups -OCH3 is 1. The van der Waals surface area contributed by atoms with Crippen molar-refractivity contribution in [2.75, 3.05) is 19.0 Å². The van der Waals surface area contributed by atoms with Gasteiger partial charge in [-0.15, -0.1) is 0 Å². The lowest BCUT2D eigenvalue weighted by atomic mass is 10.1. The van der Waals surface area contributed by atoms with Gasteiger partial charge in [-0.05, 0) is 24.7 Å². The van der Waals surface area contributed by atoms with Crippen LogP contribution in [0.15, 0.2) is 0 Å². The fourth-order valence-corrected chi connectivity index (χ4v) is 3.18. The van der Waals surface area contributed by atoms with Gasteiger partial charge in [-0.2, -0.15) is 0 Å². The molecule has 2 aliphatic rings. The van der Waals surface area contributed by atoms with E-state index in [1.165, 1.54) is 19.3 Å². The highest BCUT2D eigenvalue weighted by Gasteiger charge is 2.56. The Hall–Kier alpha value is -0.0900. The van der Waals surface area contributed by atoms with E-state index in [9.17, 15) is 4.79 Å². The van der Waals surface area contributed by atoms with Crippen molar-refractivity contribution in [3.05, 3.63) is 0 Å². The first-order valence-electron chi connectivity index (χ1n) is 5.63. The summed E-state index contributed by atoms with van der Waals surface area (Å²) in [7, 11) is 1.66. The first-order valence-corrected chi connectivity index (χ1v) is 6.75. The molecule has 1 amide bonds. The number of halogens is 1. The third kappa shape index (κ3) is 2.36. The number of carbonyl (C=O) groups is 1.